The van der Waals surface area contributed by atoms with Gasteiger partial charge in [-0.15, -0.1) is 0 Å². The Morgan fingerprint density at radius 2 is 1.68 bits per heavy atom. The second-order valence-corrected chi connectivity index (χ2v) is 14.4. The number of amides is 3. The van der Waals surface area contributed by atoms with Crippen LogP contribution in [0.25, 0.3) is 10.8 Å². The quantitative estimate of drug-likeness (QED) is 0.354. The Labute approximate surface area is 239 Å². The summed E-state index contributed by atoms with van der Waals surface area (Å²) in [5, 5.41) is 7.77. The number of ether oxygens (including phenoxy) is 1. The van der Waals surface area contributed by atoms with Crippen molar-refractivity contribution in [3.63, 3.8) is 0 Å². The predicted octanol–water partition coefficient (Wildman–Crippen LogP) is 5.49. The van der Waals surface area contributed by atoms with E-state index in [-0.39, 0.29) is 28.8 Å². The fourth-order valence-electron chi connectivity index (χ4n) is 5.32. The van der Waals surface area contributed by atoms with Crippen molar-refractivity contribution >= 4 is 61.6 Å². The predicted molar refractivity (Wildman–Crippen MR) is 162 cm³/mol. The lowest BCUT2D eigenvalue weighted by atomic mass is 9.86. The van der Waals surface area contributed by atoms with Crippen LogP contribution in [0, 0.1) is 0 Å². The Kier molecular flexibility index (Phi) is 7.39. The maximum Gasteiger partial charge on any atom is 0.323 e. The van der Waals surface area contributed by atoms with Crippen LogP contribution < -0.4 is 20.1 Å². The van der Waals surface area contributed by atoms with E-state index < -0.39 is 16.1 Å². The minimum absolute atomic E-state index is 0.0228. The van der Waals surface area contributed by atoms with Gasteiger partial charge in [0.2, 0.25) is 10.0 Å². The first kappa shape index (κ1) is 28.1. The van der Waals surface area contributed by atoms with Gasteiger partial charge in [0.1, 0.15) is 0 Å². The third-order valence-corrected chi connectivity index (χ3v) is 9.25. The first-order valence-electron chi connectivity index (χ1n) is 13.1. The van der Waals surface area contributed by atoms with Crippen LogP contribution in [0.3, 0.4) is 0 Å². The van der Waals surface area contributed by atoms with Crippen LogP contribution in [-0.2, 0) is 15.4 Å². The van der Waals surface area contributed by atoms with Crippen LogP contribution in [0.15, 0.2) is 48.5 Å². The number of sulfonamides is 1. The molecule has 0 aliphatic carbocycles. The molecule has 2 bridgehead atoms. The summed E-state index contributed by atoms with van der Waals surface area (Å²) in [6.07, 6.45) is 2.11. The molecule has 2 unspecified atom stereocenters. The SMILES string of the molecule is COc1c(NC(=O)Nc2ccc(C(=O)N3CC4CC3CS4)c3ccccc23)cc(C(C)(C)C)cc1NS(C)(=O)=O. The third-order valence-electron chi connectivity index (χ3n) is 7.27. The third kappa shape index (κ3) is 5.71. The topological polar surface area (TPSA) is 117 Å². The van der Waals surface area contributed by atoms with Gasteiger partial charge in [-0.05, 0) is 47.1 Å². The number of likely N-dealkylation sites (tertiary alicyclic amines) is 1. The average Bonchev–Trinajstić information content (AvgIpc) is 3.51. The normalized spacial score (nSPS) is 18.6. The molecule has 9 nitrogen and oxygen atoms in total. The molecule has 2 aliphatic heterocycles. The molecule has 0 spiro atoms. The first-order valence-corrected chi connectivity index (χ1v) is 16.0. The van der Waals surface area contributed by atoms with Gasteiger partial charge in [0.05, 0.1) is 30.4 Å². The molecule has 2 heterocycles. The van der Waals surface area contributed by atoms with Crippen molar-refractivity contribution in [3.05, 3.63) is 59.7 Å². The molecule has 2 saturated heterocycles. The summed E-state index contributed by atoms with van der Waals surface area (Å²) >= 11 is 1.94. The summed E-state index contributed by atoms with van der Waals surface area (Å²) in [6.45, 7) is 6.74. The summed E-state index contributed by atoms with van der Waals surface area (Å²) in [5.74, 6) is 1.20. The molecule has 3 aromatic carbocycles. The number of urea groups is 1. The lowest BCUT2D eigenvalue weighted by Crippen LogP contribution is -2.39. The molecule has 3 N–H and O–H groups in total. The maximum absolute atomic E-state index is 13.5. The second kappa shape index (κ2) is 10.5. The molecule has 11 heteroatoms. The van der Waals surface area contributed by atoms with E-state index in [4.69, 9.17) is 4.74 Å². The number of thioether (sulfide) groups is 1. The molecule has 2 aliphatic rings. The number of carbonyl (C=O) groups excluding carboxylic acids is 2. The van der Waals surface area contributed by atoms with Gasteiger partial charge in [-0.3, -0.25) is 9.52 Å². The summed E-state index contributed by atoms with van der Waals surface area (Å²) in [7, 11) is -2.19. The molecular weight excluding hydrogens is 548 g/mol. The highest BCUT2D eigenvalue weighted by Crippen LogP contribution is 2.40. The van der Waals surface area contributed by atoms with E-state index in [1.54, 1.807) is 24.3 Å². The van der Waals surface area contributed by atoms with Crippen LogP contribution >= 0.6 is 11.8 Å². The number of methoxy groups -OCH3 is 1. The fourth-order valence-corrected chi connectivity index (χ4v) is 7.31. The molecule has 3 amide bonds. The van der Waals surface area contributed by atoms with Crippen molar-refractivity contribution in [2.75, 3.05) is 41.0 Å². The number of hydrogen-bond donors (Lipinski definition) is 3. The zero-order valence-corrected chi connectivity index (χ0v) is 24.8. The molecule has 2 fully saturated rings. The van der Waals surface area contributed by atoms with Crippen LogP contribution in [0.2, 0.25) is 0 Å². The molecule has 3 aromatic rings. The van der Waals surface area contributed by atoms with Crippen LogP contribution in [0.1, 0.15) is 43.1 Å². The smallest absolute Gasteiger partial charge is 0.323 e. The zero-order chi connectivity index (χ0) is 28.8. The Morgan fingerprint density at radius 1 is 1.00 bits per heavy atom. The highest BCUT2D eigenvalue weighted by atomic mass is 32.2. The van der Waals surface area contributed by atoms with Crippen molar-refractivity contribution < 1.29 is 22.7 Å². The number of rotatable bonds is 6. The maximum atomic E-state index is 13.5. The zero-order valence-electron chi connectivity index (χ0n) is 23.2. The van der Waals surface area contributed by atoms with E-state index in [9.17, 15) is 18.0 Å². The van der Waals surface area contributed by atoms with Crippen molar-refractivity contribution in [1.29, 1.82) is 0 Å². The Hall–Kier alpha value is -3.44. The van der Waals surface area contributed by atoms with Crippen molar-refractivity contribution in [2.24, 2.45) is 0 Å². The van der Waals surface area contributed by atoms with E-state index in [1.807, 2.05) is 61.7 Å². The number of fused-ring (bicyclic) bond motifs is 3. The Morgan fingerprint density at radius 3 is 2.27 bits per heavy atom. The second-order valence-electron chi connectivity index (χ2n) is 11.3. The van der Waals surface area contributed by atoms with E-state index in [0.29, 0.717) is 22.2 Å². The van der Waals surface area contributed by atoms with Gasteiger partial charge in [-0.2, -0.15) is 11.8 Å². The average molecular weight is 583 g/mol. The van der Waals surface area contributed by atoms with Gasteiger partial charge < -0.3 is 20.3 Å². The molecule has 0 radical (unpaired) electrons. The molecule has 0 aromatic heterocycles. The first-order chi connectivity index (χ1) is 18.8. The highest BCUT2D eigenvalue weighted by molar-refractivity contribution is 8.00. The standard InChI is InChI=1S/C29H34N4O5S2/c1-29(2,3)17-12-24(26(38-4)25(13-17)32-40(5,36)37)31-28(35)30-23-11-10-22(20-8-6-7-9-21(20)23)27(34)33-15-19-14-18(33)16-39-19/h6-13,18-19,32H,14-16H2,1-5H3,(H2,30,31,35). The number of nitrogens with one attached hydrogen (secondary N) is 3. The fraction of sp³-hybridized carbons (Fsp3) is 0.379. The highest BCUT2D eigenvalue weighted by Gasteiger charge is 2.41. The lowest BCUT2D eigenvalue weighted by molar-refractivity contribution is 0.0749. The summed E-state index contributed by atoms with van der Waals surface area (Å²) in [4.78, 5) is 28.8. The van der Waals surface area contributed by atoms with Gasteiger partial charge >= 0.3 is 6.03 Å². The van der Waals surface area contributed by atoms with Gasteiger partial charge in [0.15, 0.2) is 5.75 Å². The van der Waals surface area contributed by atoms with E-state index in [0.717, 1.165) is 41.3 Å². The summed E-state index contributed by atoms with van der Waals surface area (Å²) in [5.41, 5.74) is 2.18. The Bertz CT molecular complexity index is 1600. The van der Waals surface area contributed by atoms with Crippen molar-refractivity contribution in [2.45, 2.75) is 43.9 Å². The minimum atomic E-state index is -3.60. The van der Waals surface area contributed by atoms with E-state index >= 15 is 0 Å². The van der Waals surface area contributed by atoms with E-state index in [1.165, 1.54) is 7.11 Å². The number of anilines is 3. The van der Waals surface area contributed by atoms with Gasteiger partial charge in [-0.25, -0.2) is 13.2 Å². The molecule has 2 atom stereocenters. The number of benzene rings is 3. The van der Waals surface area contributed by atoms with Gasteiger partial charge in [-0.1, -0.05) is 45.0 Å². The van der Waals surface area contributed by atoms with Crippen molar-refractivity contribution in [1.82, 2.24) is 4.90 Å². The van der Waals surface area contributed by atoms with Crippen molar-refractivity contribution in [3.8, 4) is 5.75 Å². The van der Waals surface area contributed by atoms with E-state index in [2.05, 4.69) is 15.4 Å². The molecule has 5 rings (SSSR count). The monoisotopic (exact) mass is 582 g/mol. The number of carbonyl (C=O) groups is 2. The molecule has 212 valence electrons. The number of hydrogen-bond acceptors (Lipinski definition) is 6. The molecule has 0 saturated carbocycles. The minimum Gasteiger partial charge on any atom is -0.492 e. The Balaban J connectivity index is 1.44. The van der Waals surface area contributed by atoms with Crippen LogP contribution in [0.4, 0.5) is 21.9 Å². The molecular formula is C29H34N4O5S2. The number of nitrogens with zero attached hydrogens (tertiary/aromatic N) is 1. The lowest BCUT2D eigenvalue weighted by Gasteiger charge is -2.27. The summed E-state index contributed by atoms with van der Waals surface area (Å²) < 4.78 is 32.1. The van der Waals surface area contributed by atoms with Crippen LogP contribution in [-0.4, -0.2) is 62.2 Å². The van der Waals surface area contributed by atoms with Crippen LogP contribution in [0.5, 0.6) is 5.75 Å². The largest absolute Gasteiger partial charge is 0.492 e. The van der Waals surface area contributed by atoms with Gasteiger partial charge in [0, 0.05) is 34.5 Å². The summed E-state index contributed by atoms with van der Waals surface area (Å²) in [6, 6.07) is 14.3. The molecule has 40 heavy (non-hydrogen) atoms. The van der Waals surface area contributed by atoms with Gasteiger partial charge in [0.25, 0.3) is 5.91 Å².